The highest BCUT2D eigenvalue weighted by Crippen LogP contribution is 2.32. The highest BCUT2D eigenvalue weighted by Gasteiger charge is 2.44. The Morgan fingerprint density at radius 1 is 1.10 bits per heavy atom. The molecule has 1 aliphatic rings. The van der Waals surface area contributed by atoms with Crippen LogP contribution in [0.25, 0.3) is 11.1 Å². The monoisotopic (exact) mass is 393 g/mol. The number of hydrogen-bond donors (Lipinski definition) is 1. The van der Waals surface area contributed by atoms with E-state index in [-0.39, 0.29) is 12.1 Å². The van der Waals surface area contributed by atoms with Gasteiger partial charge >= 0.3 is 0 Å². The number of rotatable bonds is 5. The first-order chi connectivity index (χ1) is 13.8. The quantitative estimate of drug-likeness (QED) is 0.622. The molecular formula is C22H23N3O4. The second-order valence-corrected chi connectivity index (χ2v) is 7.02. The number of carbonyl (C=O) groups is 1. The maximum atomic E-state index is 13.0. The molecule has 0 spiro atoms. The van der Waals surface area contributed by atoms with E-state index in [2.05, 4.69) is 0 Å². The van der Waals surface area contributed by atoms with Gasteiger partial charge in [-0.05, 0) is 17.5 Å². The number of benzene rings is 2. The molecule has 0 aliphatic carbocycles. The van der Waals surface area contributed by atoms with Crippen molar-refractivity contribution in [2.45, 2.75) is 18.6 Å². The van der Waals surface area contributed by atoms with Crippen molar-refractivity contribution < 1.29 is 14.8 Å². The van der Waals surface area contributed by atoms with Crippen molar-refractivity contribution in [3.63, 3.8) is 0 Å². The molecule has 1 aliphatic heterocycles. The third-order valence-corrected chi connectivity index (χ3v) is 4.83. The molecule has 0 saturated heterocycles. The number of allylic oxidation sites excluding steroid dienone is 2. The van der Waals surface area contributed by atoms with Gasteiger partial charge in [-0.1, -0.05) is 60.7 Å². The van der Waals surface area contributed by atoms with Gasteiger partial charge in [-0.3, -0.25) is 14.9 Å². The lowest BCUT2D eigenvalue weighted by molar-refractivity contribution is -0.429. The van der Waals surface area contributed by atoms with Crippen LogP contribution in [0.15, 0.2) is 78.8 Å². The van der Waals surface area contributed by atoms with E-state index in [1.807, 2.05) is 42.5 Å². The molecule has 0 saturated carbocycles. The maximum absolute atomic E-state index is 13.0. The van der Waals surface area contributed by atoms with Gasteiger partial charge in [0, 0.05) is 32.3 Å². The number of nitro groups is 1. The summed E-state index contributed by atoms with van der Waals surface area (Å²) in [5.74, 6) is -0.601. The summed E-state index contributed by atoms with van der Waals surface area (Å²) >= 11 is 0. The molecule has 1 N–H and O–H groups in total. The predicted octanol–water partition coefficient (Wildman–Crippen LogP) is 3.31. The zero-order chi connectivity index (χ0) is 21.0. The summed E-state index contributed by atoms with van der Waals surface area (Å²) in [4.78, 5) is 26.3. The molecule has 1 amide bonds. The van der Waals surface area contributed by atoms with E-state index < -0.39 is 16.6 Å². The first-order valence-electron chi connectivity index (χ1n) is 9.24. The number of amides is 1. The molecule has 0 radical (unpaired) electrons. The molecule has 0 fully saturated rings. The fourth-order valence-electron chi connectivity index (χ4n) is 3.25. The average molecular weight is 393 g/mol. The molecule has 7 heteroatoms. The highest BCUT2D eigenvalue weighted by molar-refractivity contribution is 5.86. The van der Waals surface area contributed by atoms with E-state index in [1.54, 1.807) is 18.2 Å². The normalized spacial score (nSPS) is 15.8. The lowest BCUT2D eigenvalue weighted by Crippen LogP contribution is -2.52. The molecule has 1 unspecified atom stereocenters. The van der Waals surface area contributed by atoms with Crippen molar-refractivity contribution in [1.82, 2.24) is 9.80 Å². The van der Waals surface area contributed by atoms with Crippen LogP contribution in [0.3, 0.4) is 0 Å². The van der Waals surface area contributed by atoms with Crippen LogP contribution in [-0.4, -0.2) is 39.8 Å². The van der Waals surface area contributed by atoms with Gasteiger partial charge in [0.15, 0.2) is 0 Å². The van der Waals surface area contributed by atoms with Gasteiger partial charge in [-0.15, -0.1) is 0 Å². The Kier molecular flexibility index (Phi) is 5.79. The lowest BCUT2D eigenvalue weighted by atomic mass is 9.96. The molecule has 29 heavy (non-hydrogen) atoms. The first-order valence-corrected chi connectivity index (χ1v) is 9.24. The molecular weight excluding hydrogens is 370 g/mol. The van der Waals surface area contributed by atoms with Gasteiger partial charge in [-0.25, -0.2) is 0 Å². The highest BCUT2D eigenvalue weighted by atomic mass is 16.6. The molecule has 1 heterocycles. The lowest BCUT2D eigenvalue weighted by Gasteiger charge is -2.37. The van der Waals surface area contributed by atoms with Crippen molar-refractivity contribution in [2.75, 3.05) is 14.1 Å². The minimum absolute atomic E-state index is 0.0686. The summed E-state index contributed by atoms with van der Waals surface area (Å²) < 4.78 is 0. The van der Waals surface area contributed by atoms with Crippen molar-refractivity contribution in [1.29, 1.82) is 0 Å². The summed E-state index contributed by atoms with van der Waals surface area (Å²) in [6.07, 6.45) is 5.12. The van der Waals surface area contributed by atoms with Gasteiger partial charge < -0.3 is 14.9 Å². The van der Waals surface area contributed by atoms with E-state index in [9.17, 15) is 20.0 Å². The standard InChI is InChI=1S/C22H23N3O4/c1-23(2)21(26)22(27,24-15-7-6-10-20(16-24)25(28)29)19-13-11-18(12-14-19)17-8-4-3-5-9-17/h3-5,7-9,11-16,27H,6,10H2,1-2H3. The second-order valence-electron chi connectivity index (χ2n) is 7.02. The van der Waals surface area contributed by atoms with Crippen LogP contribution >= 0.6 is 0 Å². The molecule has 2 aromatic carbocycles. The number of likely N-dealkylation sites (N-methyl/N-ethyl adjacent to an activating group) is 1. The molecule has 7 nitrogen and oxygen atoms in total. The second kappa shape index (κ2) is 8.28. The minimum Gasteiger partial charge on any atom is -0.359 e. The summed E-state index contributed by atoms with van der Waals surface area (Å²) in [6.45, 7) is 0. The van der Waals surface area contributed by atoms with Crippen LogP contribution in [-0.2, 0) is 10.5 Å². The van der Waals surface area contributed by atoms with Crippen LogP contribution in [0.4, 0.5) is 0 Å². The Morgan fingerprint density at radius 2 is 1.72 bits per heavy atom. The number of aliphatic hydroxyl groups is 1. The van der Waals surface area contributed by atoms with E-state index in [0.29, 0.717) is 12.0 Å². The van der Waals surface area contributed by atoms with Crippen LogP contribution in [0.1, 0.15) is 18.4 Å². The number of carbonyl (C=O) groups excluding carboxylic acids is 1. The Balaban J connectivity index is 2.08. The summed E-state index contributed by atoms with van der Waals surface area (Å²) in [5.41, 5.74) is 0.0804. The molecule has 0 aromatic heterocycles. The maximum Gasteiger partial charge on any atom is 0.280 e. The molecule has 2 aromatic rings. The van der Waals surface area contributed by atoms with Crippen molar-refractivity contribution >= 4 is 5.91 Å². The topological polar surface area (TPSA) is 86.9 Å². The minimum atomic E-state index is -2.11. The van der Waals surface area contributed by atoms with Gasteiger partial charge in [0.25, 0.3) is 11.6 Å². The first kappa shape index (κ1) is 20.3. The van der Waals surface area contributed by atoms with E-state index in [1.165, 1.54) is 36.3 Å². The Labute approximate surface area is 169 Å². The van der Waals surface area contributed by atoms with Crippen LogP contribution in [0, 0.1) is 10.1 Å². The number of nitrogens with zero attached hydrogens (tertiary/aromatic N) is 3. The Morgan fingerprint density at radius 3 is 2.31 bits per heavy atom. The summed E-state index contributed by atoms with van der Waals surface area (Å²) in [7, 11) is 3.07. The Bertz CT molecular complexity index is 952. The Hall–Kier alpha value is -3.45. The molecule has 150 valence electrons. The fraction of sp³-hybridized carbons (Fsp3) is 0.227. The van der Waals surface area contributed by atoms with Gasteiger partial charge in [-0.2, -0.15) is 0 Å². The van der Waals surface area contributed by atoms with E-state index >= 15 is 0 Å². The largest absolute Gasteiger partial charge is 0.359 e. The van der Waals surface area contributed by atoms with Gasteiger partial charge in [0.2, 0.25) is 5.72 Å². The summed E-state index contributed by atoms with van der Waals surface area (Å²) in [5, 5.41) is 22.9. The van der Waals surface area contributed by atoms with E-state index in [4.69, 9.17) is 0 Å². The smallest absolute Gasteiger partial charge is 0.280 e. The molecule has 1 atom stereocenters. The third kappa shape index (κ3) is 4.05. The average Bonchev–Trinajstić information content (AvgIpc) is 3.00. The van der Waals surface area contributed by atoms with Crippen LogP contribution in [0.2, 0.25) is 0 Å². The SMILES string of the molecule is CN(C)C(=O)C(O)(c1ccc(-c2ccccc2)cc1)N1C=CCCC([N+](=O)[O-])=C1. The van der Waals surface area contributed by atoms with Gasteiger partial charge in [0.05, 0.1) is 11.1 Å². The predicted molar refractivity (Wildman–Crippen MR) is 110 cm³/mol. The molecule has 0 bridgehead atoms. The third-order valence-electron chi connectivity index (χ3n) is 4.83. The number of hydrogen-bond acceptors (Lipinski definition) is 5. The zero-order valence-electron chi connectivity index (χ0n) is 16.4. The van der Waals surface area contributed by atoms with Gasteiger partial charge in [0.1, 0.15) is 0 Å². The van der Waals surface area contributed by atoms with Crippen molar-refractivity contribution in [2.24, 2.45) is 0 Å². The van der Waals surface area contributed by atoms with Crippen molar-refractivity contribution in [3.05, 3.63) is 94.4 Å². The van der Waals surface area contributed by atoms with Crippen LogP contribution in [0.5, 0.6) is 0 Å². The fourth-order valence-corrected chi connectivity index (χ4v) is 3.25. The zero-order valence-corrected chi connectivity index (χ0v) is 16.4. The van der Waals surface area contributed by atoms with Crippen molar-refractivity contribution in [3.8, 4) is 11.1 Å². The molecule has 3 rings (SSSR count). The summed E-state index contributed by atoms with van der Waals surface area (Å²) in [6, 6.07) is 16.7. The van der Waals surface area contributed by atoms with Crippen LogP contribution < -0.4 is 0 Å². The van der Waals surface area contributed by atoms with E-state index in [0.717, 1.165) is 11.1 Å².